The number of likely N-dealkylation sites (N-methyl/N-ethyl adjacent to an activating group) is 1. The molecule has 5 aliphatic rings. The van der Waals surface area contributed by atoms with E-state index in [9.17, 15) is 15.0 Å². The summed E-state index contributed by atoms with van der Waals surface area (Å²) in [6.45, 7) is 1.00. The maximum absolute atomic E-state index is 12.0. The number of nitrogens with one attached hydrogen (secondary N) is 1. The Kier molecular flexibility index (Phi) is 5.88. The Labute approximate surface area is 189 Å². The van der Waals surface area contributed by atoms with Gasteiger partial charge >= 0.3 is 5.97 Å². The number of methoxy groups -OCH3 is 1. The highest BCUT2D eigenvalue weighted by Crippen LogP contribution is 2.70. The first-order chi connectivity index (χ1) is 14.9. The molecule has 5 rings (SSSR count). The Balaban J connectivity index is 1.54. The van der Waals surface area contributed by atoms with Gasteiger partial charge in [0.1, 0.15) is 6.04 Å². The standard InChI is InChI=1S/C23H38N2O5S/c1-25-10-9-22-18-13-4-5-16(26)19(18)30-20(22)14(24-15(21(27)28)7-11-31-3)6-8-23(22,29-2)17(25)12-13/h13-20,24,26H,4-12H2,1-3H3,(H,27,28)/t13?,14-,15+,16?,17?,18?,19?,20+,22+,23-/m1/s1. The predicted molar refractivity (Wildman–Crippen MR) is 119 cm³/mol. The third-order valence-corrected chi connectivity index (χ3v) is 10.3. The molecular weight excluding hydrogens is 416 g/mol. The number of aliphatic hydroxyl groups is 1. The number of carbonyl (C=O) groups is 1. The number of nitrogens with zero attached hydrogens (tertiary/aromatic N) is 1. The fourth-order valence-electron chi connectivity index (χ4n) is 8.50. The van der Waals surface area contributed by atoms with Crippen molar-refractivity contribution in [3.8, 4) is 0 Å². The van der Waals surface area contributed by atoms with Crippen molar-refractivity contribution in [2.45, 2.75) is 87.0 Å². The summed E-state index contributed by atoms with van der Waals surface area (Å²) in [6.07, 6.45) is 7.62. The minimum absolute atomic E-state index is 0.0214. The molecule has 5 unspecified atom stereocenters. The number of likely N-dealkylation sites (tertiary alicyclic amines) is 1. The van der Waals surface area contributed by atoms with Crippen molar-refractivity contribution < 1.29 is 24.5 Å². The normalized spacial score (nSPS) is 49.5. The van der Waals surface area contributed by atoms with Gasteiger partial charge in [-0.15, -0.1) is 0 Å². The minimum atomic E-state index is -0.784. The number of aliphatic hydroxyl groups excluding tert-OH is 1. The molecule has 31 heavy (non-hydrogen) atoms. The van der Waals surface area contributed by atoms with Crippen LogP contribution in [0, 0.1) is 17.3 Å². The summed E-state index contributed by atoms with van der Waals surface area (Å²) < 4.78 is 13.3. The molecule has 176 valence electrons. The Hall–Kier alpha value is -0.380. The summed E-state index contributed by atoms with van der Waals surface area (Å²) in [4.78, 5) is 14.5. The van der Waals surface area contributed by atoms with Gasteiger partial charge in [0, 0.05) is 30.5 Å². The largest absolute Gasteiger partial charge is 0.480 e. The van der Waals surface area contributed by atoms with Crippen LogP contribution >= 0.6 is 11.8 Å². The van der Waals surface area contributed by atoms with Crippen LogP contribution in [0.4, 0.5) is 0 Å². The number of carboxylic acid groups (broad SMARTS) is 1. The summed E-state index contributed by atoms with van der Waals surface area (Å²) in [6, 6.07) is -0.228. The van der Waals surface area contributed by atoms with Gasteiger partial charge in [-0.05, 0) is 76.5 Å². The summed E-state index contributed by atoms with van der Waals surface area (Å²) >= 11 is 1.68. The average molecular weight is 455 g/mol. The van der Waals surface area contributed by atoms with Gasteiger partial charge in [0.2, 0.25) is 0 Å². The van der Waals surface area contributed by atoms with E-state index in [4.69, 9.17) is 9.47 Å². The number of thioether (sulfide) groups is 1. The van der Waals surface area contributed by atoms with Crippen molar-refractivity contribution in [2.75, 3.05) is 32.7 Å². The lowest BCUT2D eigenvalue weighted by atomic mass is 9.42. The second-order valence-corrected chi connectivity index (χ2v) is 11.5. The van der Waals surface area contributed by atoms with E-state index < -0.39 is 18.1 Å². The molecule has 0 aromatic rings. The van der Waals surface area contributed by atoms with Gasteiger partial charge in [-0.3, -0.25) is 10.1 Å². The molecule has 10 atom stereocenters. The molecule has 0 aromatic heterocycles. The fraction of sp³-hybridized carbons (Fsp3) is 0.957. The third kappa shape index (κ3) is 3.01. The van der Waals surface area contributed by atoms with E-state index in [2.05, 4.69) is 17.3 Å². The Morgan fingerprint density at radius 3 is 2.87 bits per heavy atom. The number of hydrogen-bond acceptors (Lipinski definition) is 7. The molecular formula is C23H38N2O5S. The number of aliphatic carboxylic acids is 1. The maximum atomic E-state index is 12.0. The highest BCUT2D eigenvalue weighted by Gasteiger charge is 2.78. The number of carboxylic acids is 1. The van der Waals surface area contributed by atoms with Crippen LogP contribution in [0.5, 0.6) is 0 Å². The van der Waals surface area contributed by atoms with Crippen LogP contribution in [0.3, 0.4) is 0 Å². The van der Waals surface area contributed by atoms with E-state index in [-0.39, 0.29) is 29.3 Å². The monoisotopic (exact) mass is 454 g/mol. The van der Waals surface area contributed by atoms with Gasteiger partial charge in [-0.2, -0.15) is 11.8 Å². The first-order valence-corrected chi connectivity index (χ1v) is 13.4. The zero-order valence-electron chi connectivity index (χ0n) is 19.0. The SMILES string of the molecule is CO[C@]12CC[C@@H](N[C@@H](CCSC)C(=O)O)[C@@H]3OC4C(O)CCC5CC1N(C)CC[C@]32C54. The van der Waals surface area contributed by atoms with E-state index in [0.29, 0.717) is 24.3 Å². The fourth-order valence-corrected chi connectivity index (χ4v) is 8.97. The van der Waals surface area contributed by atoms with Crippen LogP contribution in [0.2, 0.25) is 0 Å². The Morgan fingerprint density at radius 1 is 1.35 bits per heavy atom. The predicted octanol–water partition coefficient (Wildman–Crippen LogP) is 1.58. The third-order valence-electron chi connectivity index (χ3n) is 9.62. The zero-order valence-corrected chi connectivity index (χ0v) is 19.8. The quantitative estimate of drug-likeness (QED) is 0.534. The van der Waals surface area contributed by atoms with E-state index >= 15 is 0 Å². The number of rotatable bonds is 7. The number of hydrogen-bond donors (Lipinski definition) is 3. The molecule has 3 N–H and O–H groups in total. The molecule has 1 spiro atoms. The first kappa shape index (κ1) is 22.4. The topological polar surface area (TPSA) is 91.3 Å². The van der Waals surface area contributed by atoms with Crippen molar-refractivity contribution in [1.29, 1.82) is 0 Å². The van der Waals surface area contributed by atoms with Crippen LogP contribution in [-0.2, 0) is 14.3 Å². The van der Waals surface area contributed by atoms with Crippen molar-refractivity contribution in [3.63, 3.8) is 0 Å². The van der Waals surface area contributed by atoms with Crippen LogP contribution in [0.1, 0.15) is 44.9 Å². The van der Waals surface area contributed by atoms with Crippen molar-refractivity contribution in [2.24, 2.45) is 17.3 Å². The summed E-state index contributed by atoms with van der Waals surface area (Å²) in [5.74, 6) is 0.868. The van der Waals surface area contributed by atoms with Gasteiger partial charge in [-0.25, -0.2) is 0 Å². The molecule has 2 heterocycles. The lowest BCUT2D eigenvalue weighted by Crippen LogP contribution is -2.78. The number of piperidine rings is 1. The van der Waals surface area contributed by atoms with Gasteiger partial charge in [0.05, 0.1) is 23.9 Å². The van der Waals surface area contributed by atoms with E-state index in [1.165, 1.54) is 0 Å². The summed E-state index contributed by atoms with van der Waals surface area (Å²) in [5, 5.41) is 24.3. The molecule has 7 nitrogen and oxygen atoms in total. The number of ether oxygens (including phenoxy) is 2. The van der Waals surface area contributed by atoms with Gasteiger partial charge < -0.3 is 24.6 Å². The summed E-state index contributed by atoms with van der Waals surface area (Å²) in [5.41, 5.74) is -0.444. The molecule has 0 amide bonds. The molecule has 0 radical (unpaired) electrons. The van der Waals surface area contributed by atoms with Gasteiger partial charge in [-0.1, -0.05) is 0 Å². The molecule has 2 saturated heterocycles. The Bertz CT molecular complexity index is 711. The second-order valence-electron chi connectivity index (χ2n) is 10.6. The molecule has 3 saturated carbocycles. The van der Waals surface area contributed by atoms with E-state index in [1.807, 2.05) is 13.4 Å². The molecule has 8 heteroatoms. The first-order valence-electron chi connectivity index (χ1n) is 12.0. The second kappa shape index (κ2) is 8.13. The lowest BCUT2D eigenvalue weighted by molar-refractivity contribution is -0.269. The van der Waals surface area contributed by atoms with Gasteiger partial charge in [0.15, 0.2) is 0 Å². The van der Waals surface area contributed by atoms with Gasteiger partial charge in [0.25, 0.3) is 0 Å². The van der Waals surface area contributed by atoms with Crippen LogP contribution in [-0.4, -0.2) is 95.8 Å². The zero-order chi connectivity index (χ0) is 22.0. The Morgan fingerprint density at radius 2 is 2.16 bits per heavy atom. The molecule has 2 bridgehead atoms. The van der Waals surface area contributed by atoms with Crippen LogP contribution < -0.4 is 5.32 Å². The van der Waals surface area contributed by atoms with E-state index in [1.54, 1.807) is 11.8 Å². The van der Waals surface area contributed by atoms with E-state index in [0.717, 1.165) is 50.8 Å². The van der Waals surface area contributed by atoms with Crippen molar-refractivity contribution >= 4 is 17.7 Å². The minimum Gasteiger partial charge on any atom is -0.480 e. The summed E-state index contributed by atoms with van der Waals surface area (Å²) in [7, 11) is 4.09. The maximum Gasteiger partial charge on any atom is 0.320 e. The molecule has 5 fully saturated rings. The molecule has 0 aromatic carbocycles. The van der Waals surface area contributed by atoms with Crippen LogP contribution in [0.25, 0.3) is 0 Å². The highest BCUT2D eigenvalue weighted by molar-refractivity contribution is 7.98. The van der Waals surface area contributed by atoms with Crippen molar-refractivity contribution in [1.82, 2.24) is 10.2 Å². The molecule has 3 aliphatic carbocycles. The smallest absolute Gasteiger partial charge is 0.320 e. The van der Waals surface area contributed by atoms with Crippen LogP contribution in [0.15, 0.2) is 0 Å². The van der Waals surface area contributed by atoms with Crippen molar-refractivity contribution in [3.05, 3.63) is 0 Å². The molecule has 2 aliphatic heterocycles. The lowest BCUT2D eigenvalue weighted by Gasteiger charge is -2.69. The highest BCUT2D eigenvalue weighted by atomic mass is 32.2. The average Bonchev–Trinajstić information content (AvgIpc) is 3.11.